The van der Waals surface area contributed by atoms with E-state index in [2.05, 4.69) is 10.6 Å². The molecule has 0 fully saturated rings. The Morgan fingerprint density at radius 3 is 2.41 bits per heavy atom. The number of benzene rings is 3. The normalized spacial score (nSPS) is 11.7. The zero-order chi connectivity index (χ0) is 22.5. The standard InChI is InChI=1S/C26H24N2O4/c1-17-8-3-6-11-22(17)28-26(30)21-14-19-9-4-5-10-20(19)15-24(21)32-16-25(29)27-18(2)23-12-7-13-31-23/h3-15,18H,16H2,1-2H3,(H,27,29)(H,28,30). The van der Waals surface area contributed by atoms with Crippen molar-refractivity contribution in [3.05, 3.63) is 95.9 Å². The van der Waals surface area contributed by atoms with E-state index in [1.807, 2.05) is 62.4 Å². The van der Waals surface area contributed by atoms with Crippen molar-refractivity contribution >= 4 is 28.3 Å². The molecule has 0 aliphatic carbocycles. The number of fused-ring (bicyclic) bond motifs is 1. The monoisotopic (exact) mass is 428 g/mol. The van der Waals surface area contributed by atoms with Gasteiger partial charge in [0.15, 0.2) is 6.61 Å². The van der Waals surface area contributed by atoms with Crippen molar-refractivity contribution in [3.8, 4) is 5.75 Å². The van der Waals surface area contributed by atoms with Crippen molar-refractivity contribution in [1.29, 1.82) is 0 Å². The highest BCUT2D eigenvalue weighted by molar-refractivity contribution is 6.09. The quantitative estimate of drug-likeness (QED) is 0.421. The molecule has 4 rings (SSSR count). The summed E-state index contributed by atoms with van der Waals surface area (Å²) in [5.74, 6) is 0.384. The van der Waals surface area contributed by atoms with Gasteiger partial charge < -0.3 is 19.8 Å². The van der Waals surface area contributed by atoms with Gasteiger partial charge in [0.1, 0.15) is 11.5 Å². The van der Waals surface area contributed by atoms with E-state index in [4.69, 9.17) is 9.15 Å². The lowest BCUT2D eigenvalue weighted by atomic mass is 10.0. The Kier molecular flexibility index (Phi) is 6.22. The van der Waals surface area contributed by atoms with Crippen LogP contribution in [0.15, 0.2) is 83.5 Å². The number of nitrogens with one attached hydrogen (secondary N) is 2. The second-order valence-electron chi connectivity index (χ2n) is 7.56. The van der Waals surface area contributed by atoms with Crippen LogP contribution in [0, 0.1) is 6.92 Å². The van der Waals surface area contributed by atoms with Crippen molar-refractivity contribution in [2.75, 3.05) is 11.9 Å². The lowest BCUT2D eigenvalue weighted by Crippen LogP contribution is -2.31. The van der Waals surface area contributed by atoms with Crippen molar-refractivity contribution in [2.24, 2.45) is 0 Å². The van der Waals surface area contributed by atoms with Gasteiger partial charge in [0.2, 0.25) is 0 Å². The predicted molar refractivity (Wildman–Crippen MR) is 124 cm³/mol. The average Bonchev–Trinajstić information content (AvgIpc) is 3.34. The SMILES string of the molecule is Cc1ccccc1NC(=O)c1cc2ccccc2cc1OCC(=O)NC(C)c1ccco1. The van der Waals surface area contributed by atoms with Crippen molar-refractivity contribution in [1.82, 2.24) is 5.32 Å². The molecule has 0 radical (unpaired) electrons. The number of aryl methyl sites for hydroxylation is 1. The van der Waals surface area contributed by atoms with Crippen LogP contribution in [0.5, 0.6) is 5.75 Å². The molecule has 3 aromatic carbocycles. The summed E-state index contributed by atoms with van der Waals surface area (Å²) >= 11 is 0. The largest absolute Gasteiger partial charge is 0.483 e. The van der Waals surface area contributed by atoms with E-state index in [1.54, 1.807) is 30.5 Å². The summed E-state index contributed by atoms with van der Waals surface area (Å²) in [6.07, 6.45) is 1.56. The fourth-order valence-corrected chi connectivity index (χ4v) is 3.45. The van der Waals surface area contributed by atoms with Crippen LogP contribution in [0.2, 0.25) is 0 Å². The van der Waals surface area contributed by atoms with Crippen LogP contribution in [0.1, 0.15) is 34.6 Å². The van der Waals surface area contributed by atoms with Gasteiger partial charge in [-0.2, -0.15) is 0 Å². The Bertz CT molecular complexity index is 1250. The van der Waals surface area contributed by atoms with Gasteiger partial charge in [0.05, 0.1) is 17.9 Å². The summed E-state index contributed by atoms with van der Waals surface area (Å²) in [5, 5.41) is 7.59. The van der Waals surface area contributed by atoms with Gasteiger partial charge in [-0.1, -0.05) is 42.5 Å². The molecule has 0 aliphatic heterocycles. The molecule has 6 nitrogen and oxygen atoms in total. The molecule has 2 N–H and O–H groups in total. The number of para-hydroxylation sites is 1. The molecule has 0 spiro atoms. The Labute approximate surface area is 186 Å². The van der Waals surface area contributed by atoms with Crippen LogP contribution in [-0.2, 0) is 4.79 Å². The molecule has 1 unspecified atom stereocenters. The number of anilines is 1. The minimum absolute atomic E-state index is 0.228. The van der Waals surface area contributed by atoms with E-state index in [1.165, 1.54) is 0 Å². The first-order chi connectivity index (χ1) is 15.5. The zero-order valence-corrected chi connectivity index (χ0v) is 17.9. The number of carbonyl (C=O) groups is 2. The molecule has 6 heteroatoms. The number of hydrogen-bond acceptors (Lipinski definition) is 4. The number of carbonyl (C=O) groups excluding carboxylic acids is 2. The Balaban J connectivity index is 1.55. The Morgan fingerprint density at radius 2 is 1.69 bits per heavy atom. The predicted octanol–water partition coefficient (Wildman–Crippen LogP) is 5.25. The zero-order valence-electron chi connectivity index (χ0n) is 17.9. The third-order valence-electron chi connectivity index (χ3n) is 5.19. The molecule has 4 aromatic rings. The summed E-state index contributed by atoms with van der Waals surface area (Å²) in [4.78, 5) is 25.5. The van der Waals surface area contributed by atoms with Crippen molar-refractivity contribution in [3.63, 3.8) is 0 Å². The lowest BCUT2D eigenvalue weighted by molar-refractivity contribution is -0.123. The summed E-state index contributed by atoms with van der Waals surface area (Å²) < 4.78 is 11.1. The smallest absolute Gasteiger partial charge is 0.259 e. The first kappa shape index (κ1) is 21.2. The molecule has 0 saturated carbocycles. The van der Waals surface area contributed by atoms with E-state index in [9.17, 15) is 9.59 Å². The number of ether oxygens (including phenoxy) is 1. The van der Waals surface area contributed by atoms with Crippen molar-refractivity contribution < 1.29 is 18.7 Å². The van der Waals surface area contributed by atoms with E-state index < -0.39 is 0 Å². The first-order valence-electron chi connectivity index (χ1n) is 10.4. The van der Waals surface area contributed by atoms with Crippen molar-refractivity contribution in [2.45, 2.75) is 19.9 Å². The molecular formula is C26H24N2O4. The highest BCUT2D eigenvalue weighted by Gasteiger charge is 2.18. The van der Waals surface area contributed by atoms with Crippen LogP contribution >= 0.6 is 0 Å². The highest BCUT2D eigenvalue weighted by atomic mass is 16.5. The van der Waals surface area contributed by atoms with E-state index in [-0.39, 0.29) is 24.5 Å². The summed E-state index contributed by atoms with van der Waals surface area (Å²) in [7, 11) is 0. The molecule has 1 aromatic heterocycles. The van der Waals surface area contributed by atoms with Crippen LogP contribution in [-0.4, -0.2) is 18.4 Å². The van der Waals surface area contributed by atoms with Crippen LogP contribution < -0.4 is 15.4 Å². The van der Waals surface area contributed by atoms with Gasteiger partial charge in [-0.3, -0.25) is 9.59 Å². The summed E-state index contributed by atoms with van der Waals surface area (Å²) in [5.41, 5.74) is 2.04. The number of amides is 2. The molecule has 162 valence electrons. The molecule has 32 heavy (non-hydrogen) atoms. The second-order valence-corrected chi connectivity index (χ2v) is 7.56. The third-order valence-corrected chi connectivity index (χ3v) is 5.19. The van der Waals surface area contributed by atoms with E-state index >= 15 is 0 Å². The molecule has 0 aliphatic rings. The topological polar surface area (TPSA) is 80.6 Å². The van der Waals surface area contributed by atoms with Gasteiger partial charge in [0.25, 0.3) is 11.8 Å². The molecule has 1 heterocycles. The third kappa shape index (κ3) is 4.81. The van der Waals surface area contributed by atoms with Gasteiger partial charge in [-0.25, -0.2) is 0 Å². The van der Waals surface area contributed by atoms with Gasteiger partial charge in [0, 0.05) is 5.69 Å². The highest BCUT2D eigenvalue weighted by Crippen LogP contribution is 2.27. The lowest BCUT2D eigenvalue weighted by Gasteiger charge is -2.15. The Hall–Kier alpha value is -4.06. The van der Waals surface area contributed by atoms with Gasteiger partial charge >= 0.3 is 0 Å². The first-order valence-corrected chi connectivity index (χ1v) is 10.4. The minimum atomic E-state index is -0.313. The second kappa shape index (κ2) is 9.39. The fourth-order valence-electron chi connectivity index (χ4n) is 3.45. The van der Waals surface area contributed by atoms with Crippen LogP contribution in [0.3, 0.4) is 0 Å². The molecule has 0 saturated heterocycles. The molecule has 1 atom stereocenters. The van der Waals surface area contributed by atoms with Crippen LogP contribution in [0.25, 0.3) is 10.8 Å². The van der Waals surface area contributed by atoms with E-state index in [0.29, 0.717) is 17.1 Å². The summed E-state index contributed by atoms with van der Waals surface area (Å²) in [6.45, 7) is 3.53. The Morgan fingerprint density at radius 1 is 0.969 bits per heavy atom. The number of furan rings is 1. The van der Waals surface area contributed by atoms with Crippen LogP contribution in [0.4, 0.5) is 5.69 Å². The number of rotatable bonds is 7. The van der Waals surface area contributed by atoms with Gasteiger partial charge in [-0.15, -0.1) is 0 Å². The summed E-state index contributed by atoms with van der Waals surface area (Å²) in [6, 6.07) is 22.1. The molecule has 0 bridgehead atoms. The minimum Gasteiger partial charge on any atom is -0.483 e. The molecular weight excluding hydrogens is 404 g/mol. The maximum absolute atomic E-state index is 13.1. The fraction of sp³-hybridized carbons (Fsp3) is 0.154. The number of hydrogen-bond donors (Lipinski definition) is 2. The average molecular weight is 428 g/mol. The van der Waals surface area contributed by atoms with Gasteiger partial charge in [-0.05, 0) is 60.5 Å². The molecule has 2 amide bonds. The van der Waals surface area contributed by atoms with E-state index in [0.717, 1.165) is 22.0 Å². The maximum atomic E-state index is 13.1. The maximum Gasteiger partial charge on any atom is 0.259 e.